The molecule has 2 amide bonds. The van der Waals surface area contributed by atoms with E-state index < -0.39 is 33.5 Å². The molecule has 296 valence electrons. The van der Waals surface area contributed by atoms with E-state index >= 15 is 0 Å². The lowest BCUT2D eigenvalue weighted by molar-refractivity contribution is -0.156. The second-order valence-corrected chi connectivity index (χ2v) is 17.9. The fraction of sp³-hybridized carbons (Fsp3) is 0.615. The lowest BCUT2D eigenvalue weighted by Crippen LogP contribution is -2.50. The lowest BCUT2D eigenvalue weighted by Gasteiger charge is -2.36. The predicted molar refractivity (Wildman–Crippen MR) is 206 cm³/mol. The van der Waals surface area contributed by atoms with E-state index in [-0.39, 0.29) is 35.6 Å². The van der Waals surface area contributed by atoms with Gasteiger partial charge in [-0.15, -0.1) is 0 Å². The number of nitrogens with one attached hydrogen (secondary N) is 2. The number of likely N-dealkylation sites (tertiary alicyclic amines) is 1. The standard InChI is InChI=1S/C39H56N6O8S/c1-7-26(2)34(43-38(48)53-39(3,4)5)36(47)52-29-17-21-44(22-18-29)35(46)27-12-14-28(15-13-27)41-37-40-20-16-33(42-37)45-23-19-30-31(45)10-8-11-32(30)51-24-9-25-54(6,49)50/h8,10-11,16,19-20,23,26-29,34H,7,9,12-15,17-18,21-22,24-25H2,1-6H3,(H,43,48)(H,40,41,42)/t26-,27?,28?,34-/m0/s1. The summed E-state index contributed by atoms with van der Waals surface area (Å²) in [6.07, 6.45) is 9.26. The summed E-state index contributed by atoms with van der Waals surface area (Å²) in [6.45, 7) is 10.5. The maximum atomic E-state index is 13.5. The molecule has 2 N–H and O–H groups in total. The number of rotatable bonds is 14. The van der Waals surface area contributed by atoms with Crippen molar-refractivity contribution in [2.75, 3.05) is 37.0 Å². The molecule has 0 bridgehead atoms. The molecule has 1 aliphatic heterocycles. The van der Waals surface area contributed by atoms with E-state index in [0.717, 1.165) is 36.6 Å². The topological polar surface area (TPSA) is 171 Å². The Hall–Kier alpha value is -4.40. The van der Waals surface area contributed by atoms with Gasteiger partial charge in [0, 0.05) is 61.9 Å². The number of sulfone groups is 1. The van der Waals surface area contributed by atoms with Gasteiger partial charge >= 0.3 is 12.1 Å². The van der Waals surface area contributed by atoms with Gasteiger partial charge in [0.15, 0.2) is 0 Å². The van der Waals surface area contributed by atoms with Crippen LogP contribution in [0.3, 0.4) is 0 Å². The van der Waals surface area contributed by atoms with Crippen LogP contribution in [0.5, 0.6) is 5.75 Å². The highest BCUT2D eigenvalue weighted by atomic mass is 32.2. The first-order chi connectivity index (χ1) is 25.6. The molecule has 2 fully saturated rings. The predicted octanol–water partition coefficient (Wildman–Crippen LogP) is 5.68. The van der Waals surface area contributed by atoms with Crippen LogP contribution in [-0.4, -0.2) is 101 Å². The summed E-state index contributed by atoms with van der Waals surface area (Å²) in [5.74, 6) is 1.48. The van der Waals surface area contributed by atoms with Crippen molar-refractivity contribution in [3.05, 3.63) is 42.7 Å². The number of ether oxygens (including phenoxy) is 3. The Kier molecular flexibility index (Phi) is 13.5. The molecule has 5 rings (SSSR count). The molecule has 15 heteroatoms. The van der Waals surface area contributed by atoms with Crippen molar-refractivity contribution in [1.29, 1.82) is 0 Å². The first-order valence-corrected chi connectivity index (χ1v) is 21.2. The van der Waals surface area contributed by atoms with Crippen molar-refractivity contribution in [3.8, 4) is 11.6 Å². The summed E-state index contributed by atoms with van der Waals surface area (Å²) in [7, 11) is -3.04. The van der Waals surface area contributed by atoms with Crippen LogP contribution >= 0.6 is 0 Å². The highest BCUT2D eigenvalue weighted by Gasteiger charge is 2.35. The monoisotopic (exact) mass is 768 g/mol. The average molecular weight is 769 g/mol. The highest BCUT2D eigenvalue weighted by molar-refractivity contribution is 7.90. The van der Waals surface area contributed by atoms with Gasteiger partial charge in [-0.2, -0.15) is 4.98 Å². The summed E-state index contributed by atoms with van der Waals surface area (Å²) >= 11 is 0. The highest BCUT2D eigenvalue weighted by Crippen LogP contribution is 2.31. The Balaban J connectivity index is 1.08. The number of aromatic nitrogens is 3. The maximum absolute atomic E-state index is 13.5. The van der Waals surface area contributed by atoms with Gasteiger partial charge in [-0.1, -0.05) is 26.3 Å². The number of anilines is 1. The minimum atomic E-state index is -3.04. The summed E-state index contributed by atoms with van der Waals surface area (Å²) in [5.41, 5.74) is 0.228. The number of benzene rings is 1. The number of fused-ring (bicyclic) bond motifs is 1. The number of amides is 2. The normalized spacial score (nSPS) is 19.5. The number of hydrogen-bond donors (Lipinski definition) is 2. The molecule has 2 aromatic heterocycles. The molecule has 1 aliphatic carbocycles. The van der Waals surface area contributed by atoms with Gasteiger partial charge in [-0.25, -0.2) is 23.0 Å². The van der Waals surface area contributed by atoms with E-state index in [0.29, 0.717) is 62.9 Å². The van der Waals surface area contributed by atoms with Crippen LogP contribution in [0.15, 0.2) is 42.7 Å². The van der Waals surface area contributed by atoms with Crippen molar-refractivity contribution < 1.29 is 37.0 Å². The van der Waals surface area contributed by atoms with Crippen LogP contribution in [-0.2, 0) is 28.9 Å². The van der Waals surface area contributed by atoms with E-state index in [1.807, 2.05) is 59.8 Å². The van der Waals surface area contributed by atoms with Crippen LogP contribution in [0.4, 0.5) is 10.7 Å². The van der Waals surface area contributed by atoms with Crippen LogP contribution in [0.2, 0.25) is 0 Å². The first kappa shape index (κ1) is 40.8. The van der Waals surface area contributed by atoms with Gasteiger partial charge in [-0.3, -0.25) is 4.79 Å². The Morgan fingerprint density at radius 3 is 2.41 bits per heavy atom. The number of carbonyl (C=O) groups excluding carboxylic acids is 3. The number of carbonyl (C=O) groups is 3. The third kappa shape index (κ3) is 11.3. The zero-order valence-corrected chi connectivity index (χ0v) is 33.2. The summed E-state index contributed by atoms with van der Waals surface area (Å²) in [5, 5.41) is 7.08. The molecule has 1 saturated heterocycles. The van der Waals surface area contributed by atoms with Crippen molar-refractivity contribution in [3.63, 3.8) is 0 Å². The van der Waals surface area contributed by atoms with Crippen LogP contribution in [0, 0.1) is 11.8 Å². The molecule has 2 atom stereocenters. The molecule has 0 radical (unpaired) electrons. The third-order valence-electron chi connectivity index (χ3n) is 10.1. The van der Waals surface area contributed by atoms with Crippen molar-refractivity contribution in [2.45, 2.75) is 110 Å². The second kappa shape index (κ2) is 17.8. The molecular weight excluding hydrogens is 713 g/mol. The SMILES string of the molecule is CC[C@H](C)[C@H](NC(=O)OC(C)(C)C)C(=O)OC1CCN(C(=O)C2CCC(Nc3nccc(-n4ccc5c(OCCCS(C)(=O)=O)cccc54)n3)CC2)CC1. The maximum Gasteiger partial charge on any atom is 0.408 e. The second-order valence-electron chi connectivity index (χ2n) is 15.6. The van der Waals surface area contributed by atoms with E-state index in [1.165, 1.54) is 6.26 Å². The van der Waals surface area contributed by atoms with Gasteiger partial charge < -0.3 is 34.3 Å². The van der Waals surface area contributed by atoms with E-state index in [9.17, 15) is 22.8 Å². The molecule has 0 spiro atoms. The number of alkyl carbamates (subject to hydrolysis) is 1. The molecule has 2 aliphatic rings. The third-order valence-corrected chi connectivity index (χ3v) is 11.1. The quantitative estimate of drug-likeness (QED) is 0.153. The van der Waals surface area contributed by atoms with E-state index in [1.54, 1.807) is 27.0 Å². The van der Waals surface area contributed by atoms with E-state index in [2.05, 4.69) is 15.6 Å². The van der Waals surface area contributed by atoms with Gasteiger partial charge in [0.25, 0.3) is 0 Å². The molecule has 1 aromatic carbocycles. The van der Waals surface area contributed by atoms with Gasteiger partial charge in [0.05, 0.1) is 17.9 Å². The Labute approximate surface area is 318 Å². The fourth-order valence-electron chi connectivity index (χ4n) is 6.98. The minimum Gasteiger partial charge on any atom is -0.493 e. The van der Waals surface area contributed by atoms with Crippen molar-refractivity contribution in [1.82, 2.24) is 24.8 Å². The Morgan fingerprint density at radius 2 is 1.74 bits per heavy atom. The van der Waals surface area contributed by atoms with E-state index in [4.69, 9.17) is 19.2 Å². The van der Waals surface area contributed by atoms with Crippen LogP contribution in [0.25, 0.3) is 16.7 Å². The molecule has 14 nitrogen and oxygen atoms in total. The molecule has 54 heavy (non-hydrogen) atoms. The summed E-state index contributed by atoms with van der Waals surface area (Å²) < 4.78 is 42.0. The number of esters is 1. The Morgan fingerprint density at radius 1 is 1.02 bits per heavy atom. The first-order valence-electron chi connectivity index (χ1n) is 19.1. The lowest BCUT2D eigenvalue weighted by atomic mass is 9.85. The fourth-order valence-corrected chi connectivity index (χ4v) is 7.62. The van der Waals surface area contributed by atoms with Gasteiger partial charge in [-0.05, 0) is 83.1 Å². The molecule has 0 unspecified atom stereocenters. The smallest absolute Gasteiger partial charge is 0.408 e. The zero-order chi connectivity index (χ0) is 39.0. The number of nitrogens with zero attached hydrogens (tertiary/aromatic N) is 4. The van der Waals surface area contributed by atoms with Crippen molar-refractivity contribution in [2.24, 2.45) is 11.8 Å². The molecule has 1 saturated carbocycles. The van der Waals surface area contributed by atoms with Crippen LogP contribution in [0.1, 0.15) is 86.0 Å². The van der Waals surface area contributed by atoms with Gasteiger partial charge in [0.2, 0.25) is 11.9 Å². The average Bonchev–Trinajstić information content (AvgIpc) is 3.56. The van der Waals surface area contributed by atoms with Crippen molar-refractivity contribution >= 4 is 44.7 Å². The van der Waals surface area contributed by atoms with Crippen LogP contribution < -0.4 is 15.4 Å². The molecule has 3 heterocycles. The molecular formula is C39H56N6O8S. The largest absolute Gasteiger partial charge is 0.493 e. The van der Waals surface area contributed by atoms with Gasteiger partial charge in [0.1, 0.15) is 39.2 Å². The molecule has 3 aromatic rings. The zero-order valence-electron chi connectivity index (χ0n) is 32.4. The summed E-state index contributed by atoms with van der Waals surface area (Å²) in [6, 6.07) is 8.89. The minimum absolute atomic E-state index is 0.0590. The number of piperidine rings is 1. The number of hydrogen-bond acceptors (Lipinski definition) is 11. The Bertz CT molecular complexity index is 1860. The summed E-state index contributed by atoms with van der Waals surface area (Å²) in [4.78, 5) is 50.2.